The van der Waals surface area contributed by atoms with Crippen LogP contribution in [0.5, 0.6) is 0 Å². The van der Waals surface area contributed by atoms with Crippen molar-refractivity contribution in [1.29, 1.82) is 0 Å². The summed E-state index contributed by atoms with van der Waals surface area (Å²) in [6.07, 6.45) is 5.28. The van der Waals surface area contributed by atoms with Crippen LogP contribution in [0.2, 0.25) is 0 Å². The number of methoxy groups -OCH3 is 1. The number of ether oxygens (including phenoxy) is 1. The SMILES string of the molecule is COC[C@@H](F)CN(CCCCc1ccc2c(n1)NCCC2)CC[C@H](Nc1ncnc2c(C)n[nH]c12)C(=O)O. The minimum absolute atomic E-state index is 0.00124. The number of hydrogen-bond donors (Lipinski definition) is 4. The van der Waals surface area contributed by atoms with Crippen LogP contribution in [0.4, 0.5) is 16.0 Å². The van der Waals surface area contributed by atoms with Crippen molar-refractivity contribution in [3.8, 4) is 0 Å². The Hall–Kier alpha value is -3.38. The molecule has 12 heteroatoms. The highest BCUT2D eigenvalue weighted by molar-refractivity contribution is 5.88. The van der Waals surface area contributed by atoms with E-state index in [4.69, 9.17) is 9.72 Å². The molecule has 0 unspecified atom stereocenters. The van der Waals surface area contributed by atoms with E-state index in [1.807, 2.05) is 11.8 Å². The number of alkyl halides is 1. The van der Waals surface area contributed by atoms with E-state index in [2.05, 4.69) is 42.9 Å². The molecule has 3 aromatic heterocycles. The molecular formula is C26H37FN8O3. The van der Waals surface area contributed by atoms with Crippen LogP contribution in [0.3, 0.4) is 0 Å². The van der Waals surface area contributed by atoms with Crippen LogP contribution < -0.4 is 10.6 Å². The first-order chi connectivity index (χ1) is 18.4. The zero-order valence-corrected chi connectivity index (χ0v) is 22.0. The number of nitrogens with zero attached hydrogens (tertiary/aromatic N) is 5. The number of fused-ring (bicyclic) bond motifs is 2. The van der Waals surface area contributed by atoms with E-state index in [1.165, 1.54) is 19.0 Å². The minimum Gasteiger partial charge on any atom is -0.480 e. The quantitative estimate of drug-likeness (QED) is 0.218. The molecule has 0 fully saturated rings. The Balaban J connectivity index is 1.33. The van der Waals surface area contributed by atoms with Gasteiger partial charge in [-0.3, -0.25) is 5.10 Å². The van der Waals surface area contributed by atoms with Crippen LogP contribution in [-0.2, 0) is 22.4 Å². The Morgan fingerprint density at radius 3 is 2.97 bits per heavy atom. The maximum atomic E-state index is 14.5. The summed E-state index contributed by atoms with van der Waals surface area (Å²) in [5.41, 5.74) is 4.22. The lowest BCUT2D eigenvalue weighted by atomic mass is 10.1. The molecule has 0 aliphatic carbocycles. The Morgan fingerprint density at radius 2 is 2.16 bits per heavy atom. The molecule has 4 N–H and O–H groups in total. The second kappa shape index (κ2) is 13.4. The molecular weight excluding hydrogens is 491 g/mol. The maximum Gasteiger partial charge on any atom is 0.326 e. The third-order valence-corrected chi connectivity index (χ3v) is 6.78. The highest BCUT2D eigenvalue weighted by Crippen LogP contribution is 2.21. The number of aromatic amines is 1. The lowest BCUT2D eigenvalue weighted by Crippen LogP contribution is -2.38. The summed E-state index contributed by atoms with van der Waals surface area (Å²) in [6.45, 7) is 4.01. The number of nitrogens with one attached hydrogen (secondary N) is 3. The van der Waals surface area contributed by atoms with Crippen LogP contribution in [-0.4, -0.2) is 93.2 Å². The Bertz CT molecular complexity index is 1210. The highest BCUT2D eigenvalue weighted by atomic mass is 19.1. The number of halogens is 1. The fraction of sp³-hybridized carbons (Fsp3) is 0.577. The van der Waals surface area contributed by atoms with Crippen LogP contribution in [0, 0.1) is 6.92 Å². The first-order valence-electron chi connectivity index (χ1n) is 13.2. The molecule has 2 atom stereocenters. The van der Waals surface area contributed by atoms with Crippen molar-refractivity contribution in [3.05, 3.63) is 35.4 Å². The van der Waals surface area contributed by atoms with E-state index < -0.39 is 18.2 Å². The molecule has 0 saturated carbocycles. The summed E-state index contributed by atoms with van der Waals surface area (Å²) >= 11 is 0. The van der Waals surface area contributed by atoms with Crippen molar-refractivity contribution in [2.45, 2.75) is 57.7 Å². The van der Waals surface area contributed by atoms with E-state index >= 15 is 0 Å². The van der Waals surface area contributed by atoms with Gasteiger partial charge >= 0.3 is 5.97 Å². The number of H-pyrrole nitrogens is 1. The number of aromatic nitrogens is 5. The summed E-state index contributed by atoms with van der Waals surface area (Å²) in [6, 6.07) is 3.34. The normalized spacial score (nSPS) is 14.7. The molecule has 4 rings (SSSR count). The lowest BCUT2D eigenvalue weighted by molar-refractivity contribution is -0.138. The van der Waals surface area contributed by atoms with Crippen molar-refractivity contribution in [1.82, 2.24) is 30.0 Å². The van der Waals surface area contributed by atoms with Crippen LogP contribution in [0.15, 0.2) is 18.5 Å². The van der Waals surface area contributed by atoms with Crippen LogP contribution >= 0.6 is 0 Å². The fourth-order valence-corrected chi connectivity index (χ4v) is 4.76. The average molecular weight is 529 g/mol. The van der Waals surface area contributed by atoms with Crippen molar-refractivity contribution in [2.24, 2.45) is 0 Å². The van der Waals surface area contributed by atoms with Gasteiger partial charge in [0, 0.05) is 32.4 Å². The molecule has 38 heavy (non-hydrogen) atoms. The molecule has 0 bridgehead atoms. The molecule has 0 amide bonds. The van der Waals surface area contributed by atoms with Gasteiger partial charge in [0.25, 0.3) is 0 Å². The number of unbranched alkanes of at least 4 members (excludes halogenated alkanes) is 1. The number of pyridine rings is 1. The molecule has 0 radical (unpaired) electrons. The number of carboxylic acid groups (broad SMARTS) is 1. The summed E-state index contributed by atoms with van der Waals surface area (Å²) in [7, 11) is 1.47. The Kier molecular flexibility index (Phi) is 9.77. The molecule has 1 aliphatic heterocycles. The second-order valence-electron chi connectivity index (χ2n) is 9.73. The Morgan fingerprint density at radius 1 is 1.29 bits per heavy atom. The molecule has 0 aromatic carbocycles. The molecule has 206 valence electrons. The number of carbonyl (C=O) groups is 1. The molecule has 11 nitrogen and oxygen atoms in total. The highest BCUT2D eigenvalue weighted by Gasteiger charge is 2.22. The summed E-state index contributed by atoms with van der Waals surface area (Å²) < 4.78 is 19.4. The molecule has 0 saturated heterocycles. The van der Waals surface area contributed by atoms with Crippen molar-refractivity contribution < 1.29 is 19.0 Å². The Labute approximate surface area is 221 Å². The van der Waals surface area contributed by atoms with E-state index in [0.29, 0.717) is 35.6 Å². The maximum absolute atomic E-state index is 14.5. The van der Waals surface area contributed by atoms with Crippen molar-refractivity contribution >= 4 is 28.6 Å². The average Bonchev–Trinajstić information content (AvgIpc) is 3.30. The van der Waals surface area contributed by atoms with Gasteiger partial charge in [0.2, 0.25) is 0 Å². The van der Waals surface area contributed by atoms with Gasteiger partial charge in [-0.1, -0.05) is 6.07 Å². The van der Waals surface area contributed by atoms with Gasteiger partial charge in [-0.15, -0.1) is 0 Å². The topological polar surface area (TPSA) is 141 Å². The fourth-order valence-electron chi connectivity index (χ4n) is 4.76. The molecule has 0 spiro atoms. The summed E-state index contributed by atoms with van der Waals surface area (Å²) in [4.78, 5) is 27.2. The monoisotopic (exact) mass is 528 g/mol. The van der Waals surface area contributed by atoms with Crippen molar-refractivity contribution in [2.75, 3.05) is 50.5 Å². The van der Waals surface area contributed by atoms with Crippen LogP contribution in [0.25, 0.3) is 11.0 Å². The molecule has 3 aromatic rings. The van der Waals surface area contributed by atoms with Crippen LogP contribution in [0.1, 0.15) is 42.6 Å². The van der Waals surface area contributed by atoms with Gasteiger partial charge in [0.1, 0.15) is 35.4 Å². The number of carboxylic acids is 1. The first-order valence-corrected chi connectivity index (χ1v) is 13.2. The first kappa shape index (κ1) is 27.6. The van der Waals surface area contributed by atoms with E-state index in [1.54, 1.807) is 0 Å². The third kappa shape index (κ3) is 7.35. The predicted octanol–water partition coefficient (Wildman–Crippen LogP) is 2.98. The summed E-state index contributed by atoms with van der Waals surface area (Å²) in [5.74, 6) is 0.367. The van der Waals surface area contributed by atoms with E-state index in [-0.39, 0.29) is 19.6 Å². The smallest absolute Gasteiger partial charge is 0.326 e. The van der Waals surface area contributed by atoms with Gasteiger partial charge in [-0.05, 0) is 63.6 Å². The van der Waals surface area contributed by atoms with Gasteiger partial charge in [-0.2, -0.15) is 5.10 Å². The zero-order chi connectivity index (χ0) is 26.9. The molecule has 4 heterocycles. The van der Waals surface area contributed by atoms with Gasteiger partial charge in [-0.25, -0.2) is 24.1 Å². The summed E-state index contributed by atoms with van der Waals surface area (Å²) in [5, 5.41) is 23.2. The number of anilines is 2. The van der Waals surface area contributed by atoms with Gasteiger partial charge in [0.15, 0.2) is 5.82 Å². The van der Waals surface area contributed by atoms with E-state index in [0.717, 1.165) is 50.2 Å². The number of aryl methyl sites for hydroxylation is 3. The van der Waals surface area contributed by atoms with E-state index in [9.17, 15) is 14.3 Å². The largest absolute Gasteiger partial charge is 0.480 e. The van der Waals surface area contributed by atoms with Gasteiger partial charge < -0.3 is 25.4 Å². The lowest BCUT2D eigenvalue weighted by Gasteiger charge is -2.26. The number of hydrogen-bond acceptors (Lipinski definition) is 9. The predicted molar refractivity (Wildman–Crippen MR) is 143 cm³/mol. The zero-order valence-electron chi connectivity index (χ0n) is 22.0. The second-order valence-corrected chi connectivity index (χ2v) is 9.73. The van der Waals surface area contributed by atoms with Gasteiger partial charge in [0.05, 0.1) is 12.3 Å². The minimum atomic E-state index is -1.15. The van der Waals surface area contributed by atoms with Crippen molar-refractivity contribution in [3.63, 3.8) is 0 Å². The number of aliphatic carboxylic acids is 1. The standard InChI is InChI=1S/C26H37FN8O3/c1-17-22-23(34-33-17)25(30-16-29-22)32-21(26(36)37)10-13-35(14-19(27)15-38-2)12-4-3-7-20-9-8-18-6-5-11-28-24(18)31-20/h8-9,16,19,21H,3-7,10-15H2,1-2H3,(H,28,31)(H,33,34)(H,36,37)(H,29,30,32)/t19-,21-/m0/s1. The molecule has 1 aliphatic rings. The number of rotatable bonds is 15. The third-order valence-electron chi connectivity index (χ3n) is 6.78.